The molecule has 0 aromatic heterocycles. The van der Waals surface area contributed by atoms with Gasteiger partial charge < -0.3 is 0 Å². The van der Waals surface area contributed by atoms with Gasteiger partial charge in [0.05, 0.1) is 0 Å². The van der Waals surface area contributed by atoms with Crippen LogP contribution < -0.4 is 3.27 Å². The van der Waals surface area contributed by atoms with Crippen molar-refractivity contribution in [3.05, 3.63) is 136 Å². The first kappa shape index (κ1) is 26.3. The molecule has 0 nitrogen and oxygen atoms in total. The molecular weight excluding hydrogens is 534 g/mol. The Hall–Kier alpha value is -2.31. The second kappa shape index (κ2) is 12.4. The third-order valence-electron chi connectivity index (χ3n) is 6.22. The van der Waals surface area contributed by atoms with Crippen LogP contribution in [0.3, 0.4) is 0 Å². The van der Waals surface area contributed by atoms with E-state index in [0.29, 0.717) is 0 Å². The third-order valence-corrected chi connectivity index (χ3v) is 11.8. The molecule has 2 aliphatic rings. The number of fused-ring (bicyclic) bond motifs is 3. The number of benzene rings is 4. The zero-order valence-electron chi connectivity index (χ0n) is 19.0. The van der Waals surface area contributed by atoms with Crippen molar-refractivity contribution in [2.45, 2.75) is 12.8 Å². The second-order valence-corrected chi connectivity index (χ2v) is 13.5. The maximum absolute atomic E-state index is 4.62. The average molecular weight is 563 g/mol. The molecule has 0 heterocycles. The van der Waals surface area contributed by atoms with E-state index in [1.165, 1.54) is 27.8 Å². The predicted molar refractivity (Wildman–Crippen MR) is 150 cm³/mol. The van der Waals surface area contributed by atoms with Crippen molar-refractivity contribution < 1.29 is 21.3 Å². The summed E-state index contributed by atoms with van der Waals surface area (Å²) in [5.74, 6) is 0. The molecule has 34 heavy (non-hydrogen) atoms. The fraction of sp³-hybridized carbons (Fsp3) is 0.0645. The largest absolute Gasteiger partial charge is 0.0622 e. The quantitative estimate of drug-likeness (QED) is 0.209. The van der Waals surface area contributed by atoms with Crippen LogP contribution in [0.25, 0.3) is 22.3 Å². The van der Waals surface area contributed by atoms with Crippen LogP contribution in [-0.2, 0) is 27.7 Å². The van der Waals surface area contributed by atoms with E-state index in [0.717, 1.165) is 12.8 Å². The van der Waals surface area contributed by atoms with Crippen LogP contribution in [0.5, 0.6) is 0 Å². The van der Waals surface area contributed by atoms with Gasteiger partial charge in [-0.3, -0.25) is 0 Å². The van der Waals surface area contributed by atoms with Crippen molar-refractivity contribution in [2.24, 2.45) is 0 Å². The van der Waals surface area contributed by atoms with Crippen LogP contribution >= 0.6 is 24.8 Å². The predicted octanol–water partition coefficient (Wildman–Crippen LogP) is 7.97. The number of halogens is 2. The molecule has 6 rings (SSSR count). The second-order valence-electron chi connectivity index (χ2n) is 8.20. The number of rotatable bonds is 3. The van der Waals surface area contributed by atoms with E-state index in [-0.39, 0.29) is 24.8 Å². The zero-order valence-corrected chi connectivity index (χ0v) is 23.1. The van der Waals surface area contributed by atoms with Crippen molar-refractivity contribution in [2.75, 3.05) is 0 Å². The van der Waals surface area contributed by atoms with Gasteiger partial charge in [0.15, 0.2) is 0 Å². The van der Waals surface area contributed by atoms with Crippen molar-refractivity contribution in [1.82, 2.24) is 0 Å². The Labute approximate surface area is 223 Å². The fourth-order valence-electron chi connectivity index (χ4n) is 4.55. The van der Waals surface area contributed by atoms with Gasteiger partial charge in [-0.15, -0.1) is 24.8 Å². The normalized spacial score (nSPS) is 12.2. The molecule has 0 saturated carbocycles. The van der Waals surface area contributed by atoms with Crippen molar-refractivity contribution in [1.29, 1.82) is 0 Å². The molecule has 4 aromatic rings. The summed E-state index contributed by atoms with van der Waals surface area (Å²) in [6.45, 7) is 0. The molecule has 0 atom stereocenters. The molecular formula is C31H28Cl2Zr. The van der Waals surface area contributed by atoms with Gasteiger partial charge in [0.25, 0.3) is 0 Å². The van der Waals surface area contributed by atoms with Gasteiger partial charge >= 0.3 is 128 Å². The molecule has 0 spiro atoms. The van der Waals surface area contributed by atoms with E-state index in [2.05, 4.69) is 113 Å². The topological polar surface area (TPSA) is 0 Å². The Morgan fingerprint density at radius 1 is 0.618 bits per heavy atom. The summed E-state index contributed by atoms with van der Waals surface area (Å²) < 4.78 is 7.83. The summed E-state index contributed by atoms with van der Waals surface area (Å²) in [6.07, 6.45) is 9.00. The zero-order chi connectivity index (χ0) is 21.8. The van der Waals surface area contributed by atoms with E-state index in [4.69, 9.17) is 0 Å². The monoisotopic (exact) mass is 560 g/mol. The molecule has 0 saturated heterocycles. The van der Waals surface area contributed by atoms with Crippen LogP contribution in [0.2, 0.25) is 0 Å². The molecule has 2 aliphatic carbocycles. The standard InChI is InChI=1S/C13H9.C12H10.C5H5.CH2.2ClH.Zr/c1-3-7-12-10(5-1)9-11-6-2-4-8-13(11)12;1-3-7-11(8-4-1)12-9-5-2-6-10-12;1-2-4-5-3-1;;;;/h1-5,7-8H,9H2;1-10H;1-3H,4H2;1H2;2*1H;. The van der Waals surface area contributed by atoms with E-state index in [9.17, 15) is 0 Å². The van der Waals surface area contributed by atoms with E-state index >= 15 is 0 Å². The van der Waals surface area contributed by atoms with E-state index in [1.54, 1.807) is 12.1 Å². The first-order chi connectivity index (χ1) is 15.8. The molecule has 0 amide bonds. The average Bonchev–Trinajstić information content (AvgIpc) is 3.53. The molecule has 0 unspecified atom stereocenters. The smallest absolute Gasteiger partial charge is 0.0184 e. The van der Waals surface area contributed by atoms with Gasteiger partial charge in [0.2, 0.25) is 0 Å². The number of hydrogen-bond donors (Lipinski definition) is 0. The summed E-state index contributed by atoms with van der Waals surface area (Å²) in [4.78, 5) is 0. The minimum absolute atomic E-state index is 0. The molecule has 0 aliphatic heterocycles. The Bertz CT molecular complexity index is 1280. The van der Waals surface area contributed by atoms with E-state index < -0.39 is 21.3 Å². The van der Waals surface area contributed by atoms with Gasteiger partial charge in [-0.25, -0.2) is 0 Å². The van der Waals surface area contributed by atoms with Gasteiger partial charge in [0.1, 0.15) is 0 Å². The van der Waals surface area contributed by atoms with Crippen LogP contribution in [0.15, 0.2) is 125 Å². The number of allylic oxidation sites excluding steroid dienone is 4. The van der Waals surface area contributed by atoms with Crippen molar-refractivity contribution in [3.8, 4) is 22.3 Å². The molecule has 0 N–H and O–H groups in total. The summed E-state index contributed by atoms with van der Waals surface area (Å²) in [7, 11) is 0. The summed E-state index contributed by atoms with van der Waals surface area (Å²) >= 11 is -1.87. The molecule has 4 aromatic carbocycles. The maximum atomic E-state index is 4.62. The van der Waals surface area contributed by atoms with Crippen LogP contribution in [-0.4, -0.2) is 4.21 Å². The van der Waals surface area contributed by atoms with Gasteiger partial charge in [-0.2, -0.15) is 0 Å². The summed E-state index contributed by atoms with van der Waals surface area (Å²) in [5, 5.41) is 0. The molecule has 0 fully saturated rings. The Morgan fingerprint density at radius 2 is 1.21 bits per heavy atom. The minimum atomic E-state index is -1.87. The molecule has 170 valence electrons. The Balaban J connectivity index is 0.000000201. The van der Waals surface area contributed by atoms with Crippen LogP contribution in [0.4, 0.5) is 0 Å². The Kier molecular flexibility index (Phi) is 9.60. The first-order valence-corrected chi connectivity index (χ1v) is 15.4. The summed E-state index contributed by atoms with van der Waals surface area (Å²) in [5.41, 5.74) is 8.47. The van der Waals surface area contributed by atoms with Crippen LogP contribution in [0, 0.1) is 0 Å². The molecule has 0 radical (unpaired) electrons. The molecule has 0 bridgehead atoms. The minimum Gasteiger partial charge on any atom is -0.0622 e. The van der Waals surface area contributed by atoms with Gasteiger partial charge in [-0.05, 0) is 11.1 Å². The summed E-state index contributed by atoms with van der Waals surface area (Å²) in [6, 6.07) is 36.4. The van der Waals surface area contributed by atoms with Gasteiger partial charge in [-0.1, -0.05) is 60.7 Å². The Morgan fingerprint density at radius 3 is 1.82 bits per heavy atom. The van der Waals surface area contributed by atoms with Crippen LogP contribution in [0.1, 0.15) is 17.5 Å². The van der Waals surface area contributed by atoms with Crippen molar-refractivity contribution in [3.63, 3.8) is 0 Å². The third kappa shape index (κ3) is 5.66. The van der Waals surface area contributed by atoms with Crippen molar-refractivity contribution >= 4 is 32.3 Å². The van der Waals surface area contributed by atoms with Gasteiger partial charge in [0, 0.05) is 0 Å². The number of hydrogen-bond acceptors (Lipinski definition) is 0. The van der Waals surface area contributed by atoms with E-state index in [1.807, 2.05) is 12.1 Å². The molecule has 3 heteroatoms. The maximum Gasteiger partial charge on any atom is -0.0184 e. The fourth-order valence-corrected chi connectivity index (χ4v) is 9.20. The SMILES string of the molecule is Cl.Cl.[CH2]=[Zr]([C]1=CC=CC1)[c]1cccc2c1Cc1ccccc1-2.c1ccc(-c2ccccc2)cc1. The first-order valence-electron chi connectivity index (χ1n) is 11.2.